The minimum Gasteiger partial charge on any atom is -0.356 e. The van der Waals surface area contributed by atoms with E-state index in [0.29, 0.717) is 13.0 Å². The number of guanidine groups is 1. The topological polar surface area (TPSA) is 70.6 Å². The van der Waals surface area contributed by atoms with Crippen LogP contribution in [-0.2, 0) is 21.0 Å². The van der Waals surface area contributed by atoms with E-state index in [1.165, 1.54) is 24.8 Å². The zero-order valence-electron chi connectivity index (χ0n) is 17.5. The van der Waals surface area contributed by atoms with Crippen molar-refractivity contribution in [1.82, 2.24) is 10.6 Å². The SMILES string of the molecule is CN=C(NCCCS(=O)(=O)Cc1ccccc1)NCC1(c2ccccc2)CCC1.I. The van der Waals surface area contributed by atoms with Gasteiger partial charge in [-0.15, -0.1) is 24.0 Å². The standard InChI is InChI=1S/C23H31N3O2S.HI/c1-24-22(26-19-23(14-8-15-23)21-12-6-3-7-13-21)25-16-9-17-29(27,28)18-20-10-4-2-5-11-20;/h2-7,10-13H,8-9,14-19H2,1H3,(H2,24,25,26);1H. The van der Waals surface area contributed by atoms with Gasteiger partial charge in [0, 0.05) is 25.6 Å². The van der Waals surface area contributed by atoms with Gasteiger partial charge in [-0.3, -0.25) is 4.99 Å². The first-order chi connectivity index (χ1) is 14.0. The molecule has 0 amide bonds. The lowest BCUT2D eigenvalue weighted by Gasteiger charge is -2.43. The molecule has 3 rings (SSSR count). The molecular weight excluding hydrogens is 509 g/mol. The van der Waals surface area contributed by atoms with Gasteiger partial charge in [0.25, 0.3) is 0 Å². The summed E-state index contributed by atoms with van der Waals surface area (Å²) >= 11 is 0. The van der Waals surface area contributed by atoms with Gasteiger partial charge in [-0.2, -0.15) is 0 Å². The summed E-state index contributed by atoms with van der Waals surface area (Å²) in [5, 5.41) is 6.69. The van der Waals surface area contributed by atoms with Gasteiger partial charge in [-0.25, -0.2) is 8.42 Å². The van der Waals surface area contributed by atoms with Crippen molar-refractivity contribution in [3.63, 3.8) is 0 Å². The maximum Gasteiger partial charge on any atom is 0.191 e. The highest BCUT2D eigenvalue weighted by molar-refractivity contribution is 14.0. The fourth-order valence-corrected chi connectivity index (χ4v) is 5.26. The molecule has 30 heavy (non-hydrogen) atoms. The number of halogens is 1. The van der Waals surface area contributed by atoms with E-state index in [0.717, 1.165) is 18.1 Å². The van der Waals surface area contributed by atoms with E-state index in [9.17, 15) is 8.42 Å². The van der Waals surface area contributed by atoms with Gasteiger partial charge in [-0.1, -0.05) is 67.1 Å². The van der Waals surface area contributed by atoms with Gasteiger partial charge in [0.2, 0.25) is 0 Å². The molecule has 0 heterocycles. The van der Waals surface area contributed by atoms with Gasteiger partial charge in [-0.05, 0) is 30.4 Å². The highest BCUT2D eigenvalue weighted by Gasteiger charge is 2.38. The Morgan fingerprint density at radius 2 is 1.63 bits per heavy atom. The highest BCUT2D eigenvalue weighted by atomic mass is 127. The molecule has 0 unspecified atom stereocenters. The van der Waals surface area contributed by atoms with Gasteiger partial charge >= 0.3 is 0 Å². The molecule has 0 bridgehead atoms. The number of nitrogens with zero attached hydrogens (tertiary/aromatic N) is 1. The predicted octanol–water partition coefficient (Wildman–Crippen LogP) is 3.90. The van der Waals surface area contributed by atoms with Crippen molar-refractivity contribution in [3.05, 3.63) is 71.8 Å². The molecular formula is C23H32IN3O2S. The maximum absolute atomic E-state index is 12.3. The monoisotopic (exact) mass is 541 g/mol. The molecule has 2 aromatic rings. The number of aliphatic imine (C=N–C) groups is 1. The van der Waals surface area contributed by atoms with Gasteiger partial charge in [0.15, 0.2) is 15.8 Å². The highest BCUT2D eigenvalue weighted by Crippen LogP contribution is 2.43. The first-order valence-electron chi connectivity index (χ1n) is 10.3. The molecule has 5 nitrogen and oxygen atoms in total. The van der Waals surface area contributed by atoms with Crippen LogP contribution in [0, 0.1) is 0 Å². The van der Waals surface area contributed by atoms with E-state index in [1.807, 2.05) is 30.3 Å². The van der Waals surface area contributed by atoms with Gasteiger partial charge < -0.3 is 10.6 Å². The second kappa shape index (κ2) is 11.7. The zero-order valence-corrected chi connectivity index (χ0v) is 20.7. The van der Waals surface area contributed by atoms with E-state index in [1.54, 1.807) is 7.05 Å². The van der Waals surface area contributed by atoms with Crippen molar-refractivity contribution in [3.8, 4) is 0 Å². The Morgan fingerprint density at radius 3 is 2.20 bits per heavy atom. The van der Waals surface area contributed by atoms with E-state index in [-0.39, 0.29) is 40.9 Å². The molecule has 2 aromatic carbocycles. The van der Waals surface area contributed by atoms with Crippen LogP contribution in [0.1, 0.15) is 36.8 Å². The molecule has 1 fully saturated rings. The molecule has 2 N–H and O–H groups in total. The lowest BCUT2D eigenvalue weighted by Crippen LogP contribution is -2.49. The fourth-order valence-electron chi connectivity index (χ4n) is 3.84. The lowest BCUT2D eigenvalue weighted by atomic mass is 9.64. The third kappa shape index (κ3) is 6.97. The largest absolute Gasteiger partial charge is 0.356 e. The average molecular weight is 541 g/mol. The summed E-state index contributed by atoms with van der Waals surface area (Å²) in [5.41, 5.74) is 2.39. The quantitative estimate of drug-likeness (QED) is 0.219. The van der Waals surface area contributed by atoms with Gasteiger partial charge in [0.1, 0.15) is 0 Å². The van der Waals surface area contributed by atoms with Crippen molar-refractivity contribution in [1.29, 1.82) is 0 Å². The van der Waals surface area contributed by atoms with Crippen molar-refractivity contribution in [2.24, 2.45) is 4.99 Å². The van der Waals surface area contributed by atoms with Crippen molar-refractivity contribution in [2.45, 2.75) is 36.9 Å². The minimum absolute atomic E-state index is 0. The van der Waals surface area contributed by atoms with Crippen LogP contribution < -0.4 is 10.6 Å². The Kier molecular flexibility index (Phi) is 9.61. The van der Waals surface area contributed by atoms with Crippen LogP contribution in [0.15, 0.2) is 65.7 Å². The summed E-state index contributed by atoms with van der Waals surface area (Å²) in [5.74, 6) is 0.993. The fraction of sp³-hybridized carbons (Fsp3) is 0.435. The normalized spacial score (nSPS) is 15.6. The third-order valence-corrected chi connectivity index (χ3v) is 7.35. The Morgan fingerprint density at radius 1 is 1.00 bits per heavy atom. The third-order valence-electron chi connectivity index (χ3n) is 5.67. The maximum atomic E-state index is 12.3. The summed E-state index contributed by atoms with van der Waals surface area (Å²) in [4.78, 5) is 4.29. The molecule has 0 atom stereocenters. The Balaban J connectivity index is 0.00000320. The van der Waals surface area contributed by atoms with Crippen LogP contribution in [0.4, 0.5) is 0 Å². The first-order valence-corrected chi connectivity index (χ1v) is 12.1. The van der Waals surface area contributed by atoms with Crippen LogP contribution >= 0.6 is 24.0 Å². The molecule has 1 aliphatic carbocycles. The molecule has 0 radical (unpaired) electrons. The minimum atomic E-state index is -3.11. The van der Waals surface area contributed by atoms with E-state index in [2.05, 4.69) is 46.0 Å². The number of nitrogens with one attached hydrogen (secondary N) is 2. The van der Waals surface area contributed by atoms with E-state index >= 15 is 0 Å². The Labute approximate surface area is 197 Å². The lowest BCUT2D eigenvalue weighted by molar-refractivity contribution is 0.244. The molecule has 164 valence electrons. The molecule has 0 saturated heterocycles. The summed E-state index contributed by atoms with van der Waals surface area (Å²) in [6.07, 6.45) is 4.17. The zero-order chi connectivity index (χ0) is 20.6. The summed E-state index contributed by atoms with van der Waals surface area (Å²) in [6, 6.07) is 20.0. The number of benzene rings is 2. The first kappa shape index (κ1) is 24.7. The molecule has 0 aliphatic heterocycles. The van der Waals surface area contributed by atoms with Crippen LogP contribution in [0.5, 0.6) is 0 Å². The van der Waals surface area contributed by atoms with Crippen LogP contribution in [0.2, 0.25) is 0 Å². The van der Waals surface area contributed by atoms with Crippen LogP contribution in [0.3, 0.4) is 0 Å². The molecule has 1 aliphatic rings. The van der Waals surface area contributed by atoms with Crippen LogP contribution in [-0.4, -0.2) is 40.3 Å². The smallest absolute Gasteiger partial charge is 0.191 e. The summed E-state index contributed by atoms with van der Waals surface area (Å²) < 4.78 is 24.6. The molecule has 0 spiro atoms. The van der Waals surface area contributed by atoms with Crippen molar-refractivity contribution in [2.75, 3.05) is 25.9 Å². The average Bonchev–Trinajstić information content (AvgIpc) is 2.70. The number of rotatable bonds is 9. The van der Waals surface area contributed by atoms with E-state index < -0.39 is 9.84 Å². The summed E-state index contributed by atoms with van der Waals surface area (Å²) in [6.45, 7) is 1.41. The number of sulfone groups is 1. The van der Waals surface area contributed by atoms with Crippen LogP contribution in [0.25, 0.3) is 0 Å². The number of hydrogen-bond donors (Lipinski definition) is 2. The Hall–Kier alpha value is -1.61. The second-order valence-electron chi connectivity index (χ2n) is 7.78. The molecule has 1 saturated carbocycles. The Bertz CT molecular complexity index is 899. The van der Waals surface area contributed by atoms with E-state index in [4.69, 9.17) is 0 Å². The van der Waals surface area contributed by atoms with Crippen molar-refractivity contribution >= 4 is 39.8 Å². The second-order valence-corrected chi connectivity index (χ2v) is 9.97. The number of hydrogen-bond acceptors (Lipinski definition) is 3. The molecule has 7 heteroatoms. The van der Waals surface area contributed by atoms with Gasteiger partial charge in [0.05, 0.1) is 11.5 Å². The molecule has 0 aromatic heterocycles. The van der Waals surface area contributed by atoms with Crippen molar-refractivity contribution < 1.29 is 8.42 Å². The predicted molar refractivity (Wildman–Crippen MR) is 135 cm³/mol. The summed E-state index contributed by atoms with van der Waals surface area (Å²) in [7, 11) is -1.36.